The third-order valence-corrected chi connectivity index (χ3v) is 5.06. The standard InChI is InChI=1S/C23H19N3O2S/c1-15-8-10-19(11-9-15)26-22(28)20(21(27)24-23(26)29)13-17-12-16(2)25(14-17)18-6-4-3-5-7-18/h3-14H,1-2H3,(H,24,27,29)/b20-13-. The molecular weight excluding hydrogens is 382 g/mol. The molecule has 2 amide bonds. The Balaban J connectivity index is 1.71. The number of hydrogen-bond donors (Lipinski definition) is 1. The molecule has 3 aromatic rings. The molecule has 4 rings (SSSR count). The lowest BCUT2D eigenvalue weighted by Crippen LogP contribution is -2.54. The van der Waals surface area contributed by atoms with Crippen molar-refractivity contribution in [3.8, 4) is 5.69 Å². The highest BCUT2D eigenvalue weighted by Crippen LogP contribution is 2.23. The maximum absolute atomic E-state index is 13.1. The Morgan fingerprint density at radius 1 is 0.931 bits per heavy atom. The molecule has 0 atom stereocenters. The molecule has 1 fully saturated rings. The van der Waals surface area contributed by atoms with Gasteiger partial charge in [-0.1, -0.05) is 35.9 Å². The van der Waals surface area contributed by atoms with Crippen molar-refractivity contribution in [1.29, 1.82) is 0 Å². The monoisotopic (exact) mass is 401 g/mol. The van der Waals surface area contributed by atoms with Gasteiger partial charge in [-0.15, -0.1) is 0 Å². The molecule has 0 unspecified atom stereocenters. The molecule has 0 saturated carbocycles. The van der Waals surface area contributed by atoms with E-state index in [0.29, 0.717) is 5.69 Å². The molecule has 6 heteroatoms. The van der Waals surface area contributed by atoms with Gasteiger partial charge in [0.25, 0.3) is 11.8 Å². The maximum Gasteiger partial charge on any atom is 0.270 e. The molecule has 1 aliphatic rings. The Morgan fingerprint density at radius 2 is 1.62 bits per heavy atom. The van der Waals surface area contributed by atoms with Gasteiger partial charge in [0.1, 0.15) is 5.57 Å². The summed E-state index contributed by atoms with van der Waals surface area (Å²) in [6.07, 6.45) is 3.51. The number of benzene rings is 2. The topological polar surface area (TPSA) is 54.3 Å². The number of hydrogen-bond acceptors (Lipinski definition) is 3. The normalized spacial score (nSPS) is 15.7. The number of nitrogens with zero attached hydrogens (tertiary/aromatic N) is 2. The molecular formula is C23H19N3O2S. The second kappa shape index (κ2) is 7.48. The van der Waals surface area contributed by atoms with Gasteiger partial charge >= 0.3 is 0 Å². The first-order valence-corrected chi connectivity index (χ1v) is 9.57. The highest BCUT2D eigenvalue weighted by molar-refractivity contribution is 7.80. The maximum atomic E-state index is 13.1. The molecule has 1 aliphatic heterocycles. The number of anilines is 1. The highest BCUT2D eigenvalue weighted by atomic mass is 32.1. The van der Waals surface area contributed by atoms with Crippen molar-refractivity contribution >= 4 is 40.9 Å². The van der Waals surface area contributed by atoms with Crippen LogP contribution in [-0.2, 0) is 9.59 Å². The zero-order chi connectivity index (χ0) is 20.5. The summed E-state index contributed by atoms with van der Waals surface area (Å²) in [5, 5.41) is 2.70. The minimum atomic E-state index is -0.492. The zero-order valence-corrected chi connectivity index (χ0v) is 16.9. The minimum Gasteiger partial charge on any atom is -0.321 e. The Morgan fingerprint density at radius 3 is 2.31 bits per heavy atom. The van der Waals surface area contributed by atoms with Crippen molar-refractivity contribution in [1.82, 2.24) is 9.88 Å². The number of aryl methyl sites for hydroxylation is 2. The Bertz CT molecular complexity index is 1140. The van der Waals surface area contributed by atoms with Crippen molar-refractivity contribution in [3.63, 3.8) is 0 Å². The third kappa shape index (κ3) is 3.62. The lowest BCUT2D eigenvalue weighted by atomic mass is 10.1. The van der Waals surface area contributed by atoms with E-state index in [1.165, 1.54) is 4.90 Å². The van der Waals surface area contributed by atoms with Gasteiger partial charge in [-0.05, 0) is 68.0 Å². The first kappa shape index (κ1) is 18.8. The van der Waals surface area contributed by atoms with E-state index in [2.05, 4.69) is 5.32 Å². The molecule has 29 heavy (non-hydrogen) atoms. The lowest BCUT2D eigenvalue weighted by Gasteiger charge is -2.28. The van der Waals surface area contributed by atoms with Crippen LogP contribution >= 0.6 is 12.2 Å². The van der Waals surface area contributed by atoms with Crippen molar-refractivity contribution in [2.45, 2.75) is 13.8 Å². The number of carbonyl (C=O) groups excluding carboxylic acids is 2. The van der Waals surface area contributed by atoms with Crippen LogP contribution in [0.4, 0.5) is 5.69 Å². The quantitative estimate of drug-likeness (QED) is 0.411. The van der Waals surface area contributed by atoms with Crippen LogP contribution in [0.5, 0.6) is 0 Å². The van der Waals surface area contributed by atoms with Crippen LogP contribution in [-0.4, -0.2) is 21.5 Å². The van der Waals surface area contributed by atoms with E-state index in [-0.39, 0.29) is 10.7 Å². The van der Waals surface area contributed by atoms with E-state index in [9.17, 15) is 9.59 Å². The van der Waals surface area contributed by atoms with Gasteiger partial charge in [0, 0.05) is 17.6 Å². The van der Waals surface area contributed by atoms with Crippen molar-refractivity contribution in [2.75, 3.05) is 4.90 Å². The molecule has 0 radical (unpaired) electrons. The number of amides is 2. The van der Waals surface area contributed by atoms with Gasteiger partial charge in [-0.3, -0.25) is 19.8 Å². The Kier molecular flexibility index (Phi) is 4.86. The number of nitrogens with one attached hydrogen (secondary N) is 1. The van der Waals surface area contributed by atoms with Crippen molar-refractivity contribution in [2.24, 2.45) is 0 Å². The molecule has 1 aromatic heterocycles. The van der Waals surface area contributed by atoms with Gasteiger partial charge < -0.3 is 4.57 Å². The lowest BCUT2D eigenvalue weighted by molar-refractivity contribution is -0.122. The van der Waals surface area contributed by atoms with Crippen LogP contribution in [0, 0.1) is 13.8 Å². The fourth-order valence-corrected chi connectivity index (χ4v) is 3.58. The second-order valence-electron chi connectivity index (χ2n) is 6.91. The largest absolute Gasteiger partial charge is 0.321 e. The summed E-state index contributed by atoms with van der Waals surface area (Å²) >= 11 is 5.24. The number of thiocarbonyl (C=S) groups is 1. The molecule has 1 saturated heterocycles. The van der Waals surface area contributed by atoms with E-state index < -0.39 is 11.8 Å². The summed E-state index contributed by atoms with van der Waals surface area (Å²) in [4.78, 5) is 26.9. The number of para-hydroxylation sites is 1. The molecule has 5 nitrogen and oxygen atoms in total. The smallest absolute Gasteiger partial charge is 0.270 e. The predicted molar refractivity (Wildman–Crippen MR) is 118 cm³/mol. The van der Waals surface area contributed by atoms with Crippen LogP contribution in [0.1, 0.15) is 16.8 Å². The zero-order valence-electron chi connectivity index (χ0n) is 16.0. The molecule has 0 aliphatic carbocycles. The van der Waals surface area contributed by atoms with Crippen LogP contribution in [0.3, 0.4) is 0 Å². The van der Waals surface area contributed by atoms with Crippen molar-refractivity contribution < 1.29 is 9.59 Å². The SMILES string of the molecule is Cc1ccc(N2C(=O)/C(=C\c3cc(C)n(-c4ccccc4)c3)C(=O)NC2=S)cc1. The molecule has 1 N–H and O–H groups in total. The third-order valence-electron chi connectivity index (χ3n) is 4.77. The van der Waals surface area contributed by atoms with Crippen molar-refractivity contribution in [3.05, 3.63) is 89.3 Å². The number of aromatic nitrogens is 1. The molecule has 0 spiro atoms. The van der Waals surface area contributed by atoms with Gasteiger partial charge in [-0.2, -0.15) is 0 Å². The summed E-state index contributed by atoms with van der Waals surface area (Å²) in [7, 11) is 0. The summed E-state index contributed by atoms with van der Waals surface area (Å²) < 4.78 is 2.01. The number of rotatable bonds is 3. The minimum absolute atomic E-state index is 0.0457. The predicted octanol–water partition coefficient (Wildman–Crippen LogP) is 3.93. The van der Waals surface area contributed by atoms with Crippen LogP contribution in [0.25, 0.3) is 11.8 Å². The van der Waals surface area contributed by atoms with Crippen LogP contribution < -0.4 is 10.2 Å². The first-order valence-electron chi connectivity index (χ1n) is 9.16. The highest BCUT2D eigenvalue weighted by Gasteiger charge is 2.34. The van der Waals surface area contributed by atoms with E-state index in [4.69, 9.17) is 12.2 Å². The fraction of sp³-hybridized carbons (Fsp3) is 0.0870. The Labute approximate surface area is 174 Å². The Hall–Kier alpha value is -3.51. The average molecular weight is 401 g/mol. The molecule has 144 valence electrons. The van der Waals surface area contributed by atoms with Gasteiger partial charge in [-0.25, -0.2) is 0 Å². The van der Waals surface area contributed by atoms with E-state index in [0.717, 1.165) is 22.5 Å². The summed E-state index contributed by atoms with van der Waals surface area (Å²) in [6, 6.07) is 19.2. The van der Waals surface area contributed by atoms with E-state index >= 15 is 0 Å². The number of carbonyl (C=O) groups is 2. The summed E-state index contributed by atoms with van der Waals surface area (Å²) in [5.41, 5.74) is 4.51. The van der Waals surface area contributed by atoms with Gasteiger partial charge in [0.15, 0.2) is 5.11 Å². The van der Waals surface area contributed by atoms with Gasteiger partial charge in [0.05, 0.1) is 5.69 Å². The summed E-state index contributed by atoms with van der Waals surface area (Å²) in [6.45, 7) is 3.94. The fourth-order valence-electron chi connectivity index (χ4n) is 3.30. The van der Waals surface area contributed by atoms with Crippen LogP contribution in [0.2, 0.25) is 0 Å². The molecule has 0 bridgehead atoms. The summed E-state index contributed by atoms with van der Waals surface area (Å²) in [5.74, 6) is -0.929. The molecule has 2 aromatic carbocycles. The molecule has 2 heterocycles. The van der Waals surface area contributed by atoms with Crippen LogP contribution in [0.15, 0.2) is 72.4 Å². The van der Waals surface area contributed by atoms with E-state index in [1.807, 2.05) is 85.3 Å². The second-order valence-corrected chi connectivity index (χ2v) is 7.30. The first-order chi connectivity index (χ1) is 13.9. The average Bonchev–Trinajstić information content (AvgIpc) is 3.07. The van der Waals surface area contributed by atoms with Gasteiger partial charge in [0.2, 0.25) is 0 Å². The van der Waals surface area contributed by atoms with E-state index in [1.54, 1.807) is 6.08 Å².